The molecule has 3 rings (SSSR count). The first-order valence-electron chi connectivity index (χ1n) is 7.22. The maximum atomic E-state index is 5.70. The maximum absolute atomic E-state index is 5.70. The highest BCUT2D eigenvalue weighted by Crippen LogP contribution is 2.27. The van der Waals surface area contributed by atoms with E-state index in [0.29, 0.717) is 6.04 Å². The number of benzene rings is 2. The zero-order chi connectivity index (χ0) is 13.9. The van der Waals surface area contributed by atoms with E-state index in [9.17, 15) is 0 Å². The molecule has 0 fully saturated rings. The van der Waals surface area contributed by atoms with Gasteiger partial charge in [-0.25, -0.2) is 0 Å². The lowest BCUT2D eigenvalue weighted by molar-refractivity contribution is 0.0791. The predicted molar refractivity (Wildman–Crippen MR) is 81.6 cm³/mol. The second kappa shape index (κ2) is 5.78. The topological polar surface area (TPSA) is 21.3 Å². The second-order valence-corrected chi connectivity index (χ2v) is 5.57. The van der Waals surface area contributed by atoms with Gasteiger partial charge in [0.05, 0.1) is 19.3 Å². The molecular weight excluding hydrogens is 246 g/mol. The molecule has 2 aromatic rings. The minimum Gasteiger partial charge on any atom is -0.375 e. The summed E-state index contributed by atoms with van der Waals surface area (Å²) in [5, 5.41) is 3.69. The van der Waals surface area contributed by atoms with E-state index in [0.717, 1.165) is 13.2 Å². The summed E-state index contributed by atoms with van der Waals surface area (Å²) in [7, 11) is 0. The molecule has 2 atom stereocenters. The van der Waals surface area contributed by atoms with Gasteiger partial charge >= 0.3 is 0 Å². The van der Waals surface area contributed by atoms with Gasteiger partial charge in [0.2, 0.25) is 0 Å². The molecule has 1 N–H and O–H groups in total. The zero-order valence-electron chi connectivity index (χ0n) is 12.1. The monoisotopic (exact) mass is 267 g/mol. The van der Waals surface area contributed by atoms with Crippen molar-refractivity contribution in [2.45, 2.75) is 32.5 Å². The summed E-state index contributed by atoms with van der Waals surface area (Å²) in [4.78, 5) is 0. The summed E-state index contributed by atoms with van der Waals surface area (Å²) >= 11 is 0. The first-order valence-corrected chi connectivity index (χ1v) is 7.22. The molecule has 0 amide bonds. The number of nitrogens with one attached hydrogen (secondary N) is 1. The van der Waals surface area contributed by atoms with Gasteiger partial charge in [0.1, 0.15) is 0 Å². The molecule has 2 nitrogen and oxygen atoms in total. The van der Waals surface area contributed by atoms with Crippen LogP contribution in [0.5, 0.6) is 0 Å². The Labute approximate surface area is 120 Å². The minimum absolute atomic E-state index is 0.274. The van der Waals surface area contributed by atoms with Crippen molar-refractivity contribution in [3.8, 4) is 0 Å². The fraction of sp³-hybridized carbons (Fsp3) is 0.333. The highest BCUT2D eigenvalue weighted by molar-refractivity contribution is 5.32. The number of fused-ring (bicyclic) bond motifs is 1. The third kappa shape index (κ3) is 2.77. The van der Waals surface area contributed by atoms with Crippen molar-refractivity contribution in [2.75, 3.05) is 6.61 Å². The van der Waals surface area contributed by atoms with Crippen LogP contribution in [0.4, 0.5) is 0 Å². The van der Waals surface area contributed by atoms with Crippen LogP contribution in [-0.4, -0.2) is 6.61 Å². The summed E-state index contributed by atoms with van der Waals surface area (Å²) in [6, 6.07) is 17.9. The van der Waals surface area contributed by atoms with Gasteiger partial charge < -0.3 is 10.1 Å². The van der Waals surface area contributed by atoms with Crippen LogP contribution in [0, 0.1) is 6.92 Å². The molecule has 1 aliphatic rings. The van der Waals surface area contributed by atoms with Gasteiger partial charge in [-0.2, -0.15) is 0 Å². The lowest BCUT2D eigenvalue weighted by Crippen LogP contribution is -2.31. The van der Waals surface area contributed by atoms with Crippen LogP contribution in [0.1, 0.15) is 41.3 Å². The molecule has 0 aliphatic carbocycles. The third-order valence-electron chi connectivity index (χ3n) is 4.00. The third-order valence-corrected chi connectivity index (χ3v) is 4.00. The molecule has 1 aliphatic heterocycles. The van der Waals surface area contributed by atoms with Crippen molar-refractivity contribution >= 4 is 0 Å². The molecular formula is C18H21NO. The Kier molecular flexibility index (Phi) is 3.86. The van der Waals surface area contributed by atoms with E-state index in [-0.39, 0.29) is 6.04 Å². The van der Waals surface area contributed by atoms with Gasteiger partial charge in [-0.1, -0.05) is 54.1 Å². The van der Waals surface area contributed by atoms with Crippen molar-refractivity contribution in [1.82, 2.24) is 5.32 Å². The fourth-order valence-electron chi connectivity index (χ4n) is 2.77. The summed E-state index contributed by atoms with van der Waals surface area (Å²) in [5.41, 5.74) is 5.29. The van der Waals surface area contributed by atoms with E-state index in [1.807, 2.05) is 0 Å². The van der Waals surface area contributed by atoms with E-state index in [1.54, 1.807) is 0 Å². The predicted octanol–water partition coefficient (Wildman–Crippen LogP) is 3.92. The molecule has 1 heterocycles. The molecule has 0 aromatic heterocycles. The number of hydrogen-bond donors (Lipinski definition) is 1. The van der Waals surface area contributed by atoms with Crippen LogP contribution in [0.3, 0.4) is 0 Å². The number of rotatable bonds is 3. The van der Waals surface area contributed by atoms with Crippen molar-refractivity contribution < 1.29 is 4.74 Å². The molecule has 20 heavy (non-hydrogen) atoms. The highest BCUT2D eigenvalue weighted by atomic mass is 16.5. The average molecular weight is 267 g/mol. The van der Waals surface area contributed by atoms with Crippen molar-refractivity contribution in [1.29, 1.82) is 0 Å². The molecule has 0 saturated heterocycles. The van der Waals surface area contributed by atoms with E-state index in [4.69, 9.17) is 4.74 Å². The molecule has 2 aromatic carbocycles. The second-order valence-electron chi connectivity index (χ2n) is 5.57. The van der Waals surface area contributed by atoms with Crippen LogP contribution in [0.2, 0.25) is 0 Å². The Morgan fingerprint density at radius 3 is 2.65 bits per heavy atom. The van der Waals surface area contributed by atoms with Crippen LogP contribution < -0.4 is 5.32 Å². The molecule has 2 unspecified atom stereocenters. The van der Waals surface area contributed by atoms with Gasteiger partial charge in [0, 0.05) is 6.04 Å². The highest BCUT2D eigenvalue weighted by Gasteiger charge is 2.21. The van der Waals surface area contributed by atoms with Crippen molar-refractivity contribution in [2.24, 2.45) is 0 Å². The number of ether oxygens (including phenoxy) is 1. The number of hydrogen-bond acceptors (Lipinski definition) is 2. The van der Waals surface area contributed by atoms with Gasteiger partial charge in [-0.3, -0.25) is 0 Å². The zero-order valence-corrected chi connectivity index (χ0v) is 12.1. The molecule has 104 valence electrons. The molecule has 0 radical (unpaired) electrons. The van der Waals surface area contributed by atoms with Gasteiger partial charge in [-0.15, -0.1) is 0 Å². The average Bonchev–Trinajstić information content (AvgIpc) is 2.48. The van der Waals surface area contributed by atoms with Gasteiger partial charge in [0.25, 0.3) is 0 Å². The smallest absolute Gasteiger partial charge is 0.0721 e. The lowest BCUT2D eigenvalue weighted by Gasteiger charge is -2.29. The number of aryl methyl sites for hydroxylation is 1. The van der Waals surface area contributed by atoms with E-state index < -0.39 is 0 Å². The fourth-order valence-corrected chi connectivity index (χ4v) is 2.77. The van der Waals surface area contributed by atoms with Crippen LogP contribution in [0.15, 0.2) is 48.5 Å². The Morgan fingerprint density at radius 1 is 1.10 bits per heavy atom. The van der Waals surface area contributed by atoms with Gasteiger partial charge in [0.15, 0.2) is 0 Å². The molecule has 0 spiro atoms. The van der Waals surface area contributed by atoms with Crippen LogP contribution >= 0.6 is 0 Å². The quantitative estimate of drug-likeness (QED) is 0.910. The SMILES string of the molecule is Cc1ccc(C(C)NC2COCc3ccccc32)cc1. The molecule has 0 bridgehead atoms. The summed E-state index contributed by atoms with van der Waals surface area (Å²) in [6.45, 7) is 5.80. The molecule has 2 heteroatoms. The normalized spacial score (nSPS) is 19.4. The maximum Gasteiger partial charge on any atom is 0.0721 e. The first kappa shape index (κ1) is 13.3. The van der Waals surface area contributed by atoms with E-state index in [1.165, 1.54) is 22.3 Å². The molecule has 0 saturated carbocycles. The Morgan fingerprint density at radius 2 is 1.85 bits per heavy atom. The van der Waals surface area contributed by atoms with E-state index in [2.05, 4.69) is 67.7 Å². The standard InChI is InChI=1S/C18H21NO/c1-13-7-9-15(10-8-13)14(2)19-18-12-20-11-16-5-3-4-6-17(16)18/h3-10,14,18-19H,11-12H2,1-2H3. The Hall–Kier alpha value is -1.64. The Bertz CT molecular complexity index is 576. The van der Waals surface area contributed by atoms with Gasteiger partial charge in [-0.05, 0) is 30.5 Å². The van der Waals surface area contributed by atoms with Crippen molar-refractivity contribution in [3.05, 3.63) is 70.8 Å². The Balaban J connectivity index is 1.77. The first-order chi connectivity index (χ1) is 9.74. The summed E-state index contributed by atoms with van der Waals surface area (Å²) in [6.07, 6.45) is 0. The van der Waals surface area contributed by atoms with E-state index >= 15 is 0 Å². The summed E-state index contributed by atoms with van der Waals surface area (Å²) in [5.74, 6) is 0. The van der Waals surface area contributed by atoms with Crippen molar-refractivity contribution in [3.63, 3.8) is 0 Å². The van der Waals surface area contributed by atoms with Crippen LogP contribution in [-0.2, 0) is 11.3 Å². The largest absolute Gasteiger partial charge is 0.375 e. The summed E-state index contributed by atoms with van der Waals surface area (Å²) < 4.78 is 5.70. The van der Waals surface area contributed by atoms with Crippen LogP contribution in [0.25, 0.3) is 0 Å². The minimum atomic E-state index is 0.274. The lowest BCUT2D eigenvalue weighted by atomic mass is 9.97.